The van der Waals surface area contributed by atoms with Crippen molar-refractivity contribution in [2.75, 3.05) is 37.6 Å². The number of hydrogen-bond donors (Lipinski definition) is 2. The minimum Gasteiger partial charge on any atom is -0.367 e. The highest BCUT2D eigenvalue weighted by Crippen LogP contribution is 2.37. The molecular formula is C30H31ClN6O. The zero-order valence-corrected chi connectivity index (χ0v) is 22.4. The van der Waals surface area contributed by atoms with Gasteiger partial charge in [-0.15, -0.1) is 0 Å². The SMILES string of the molecule is CC(C)NC[C@@H](C(=O)N1CCN(c2c(-c3cccc(C#N)c3)cnc3[nH]ccc23)CC1)c1ccc(Cl)cc1. The topological polar surface area (TPSA) is 88.1 Å². The molecule has 2 aromatic carbocycles. The summed E-state index contributed by atoms with van der Waals surface area (Å²) >= 11 is 6.11. The van der Waals surface area contributed by atoms with Crippen molar-refractivity contribution in [2.45, 2.75) is 25.8 Å². The molecule has 2 N–H and O–H groups in total. The van der Waals surface area contributed by atoms with Crippen LogP contribution in [-0.4, -0.2) is 59.5 Å². The molecule has 194 valence electrons. The number of piperazine rings is 1. The lowest BCUT2D eigenvalue weighted by Gasteiger charge is -2.38. The van der Waals surface area contributed by atoms with Gasteiger partial charge in [-0.25, -0.2) is 4.98 Å². The average molecular weight is 527 g/mol. The zero-order chi connectivity index (χ0) is 26.6. The second-order valence-corrected chi connectivity index (χ2v) is 10.4. The molecule has 7 nitrogen and oxygen atoms in total. The van der Waals surface area contributed by atoms with Gasteiger partial charge < -0.3 is 20.1 Å². The predicted molar refractivity (Wildman–Crippen MR) is 152 cm³/mol. The number of halogens is 1. The van der Waals surface area contributed by atoms with E-state index in [9.17, 15) is 10.1 Å². The molecule has 1 aliphatic heterocycles. The third kappa shape index (κ3) is 5.38. The van der Waals surface area contributed by atoms with Gasteiger partial charge in [0.25, 0.3) is 0 Å². The van der Waals surface area contributed by atoms with Gasteiger partial charge in [0.15, 0.2) is 0 Å². The minimum atomic E-state index is -0.275. The first-order valence-electron chi connectivity index (χ1n) is 12.9. The molecule has 0 bridgehead atoms. The number of carbonyl (C=O) groups excluding carboxylic acids is 1. The summed E-state index contributed by atoms with van der Waals surface area (Å²) in [6, 6.07) is 19.8. The molecule has 0 unspecified atom stereocenters. The number of amides is 1. The number of hydrogen-bond acceptors (Lipinski definition) is 5. The van der Waals surface area contributed by atoms with Crippen LogP contribution in [0.3, 0.4) is 0 Å². The van der Waals surface area contributed by atoms with Crippen molar-refractivity contribution in [2.24, 2.45) is 0 Å². The van der Waals surface area contributed by atoms with Gasteiger partial charge in [-0.1, -0.05) is 49.7 Å². The van der Waals surface area contributed by atoms with E-state index < -0.39 is 0 Å². The van der Waals surface area contributed by atoms with Gasteiger partial charge in [-0.05, 0) is 41.5 Å². The van der Waals surface area contributed by atoms with Crippen LogP contribution in [0.2, 0.25) is 5.02 Å². The molecule has 8 heteroatoms. The number of fused-ring (bicyclic) bond motifs is 1. The highest BCUT2D eigenvalue weighted by molar-refractivity contribution is 6.30. The maximum atomic E-state index is 13.8. The summed E-state index contributed by atoms with van der Waals surface area (Å²) in [5, 5.41) is 14.6. The molecule has 3 heterocycles. The van der Waals surface area contributed by atoms with Crippen LogP contribution in [0.1, 0.15) is 30.9 Å². The van der Waals surface area contributed by atoms with Crippen molar-refractivity contribution in [3.05, 3.63) is 83.1 Å². The second kappa shape index (κ2) is 11.3. The summed E-state index contributed by atoms with van der Waals surface area (Å²) in [4.78, 5) is 25.9. The first kappa shape index (κ1) is 25.8. The van der Waals surface area contributed by atoms with Crippen molar-refractivity contribution >= 4 is 34.2 Å². The van der Waals surface area contributed by atoms with E-state index in [1.807, 2.05) is 65.8 Å². The normalized spacial score (nSPS) is 14.6. The van der Waals surface area contributed by atoms with Crippen molar-refractivity contribution in [1.29, 1.82) is 5.26 Å². The van der Waals surface area contributed by atoms with E-state index in [1.54, 1.807) is 6.07 Å². The molecule has 1 aliphatic rings. The monoisotopic (exact) mass is 526 g/mol. The predicted octanol–water partition coefficient (Wildman–Crippen LogP) is 5.19. The molecule has 38 heavy (non-hydrogen) atoms. The van der Waals surface area contributed by atoms with Gasteiger partial charge >= 0.3 is 0 Å². The standard InChI is InChI=1S/C30H31ClN6O/c1-20(2)34-19-27(22-6-8-24(31)9-7-22)30(38)37-14-12-36(13-15-37)28-25-10-11-33-29(25)35-18-26(28)23-5-3-4-21(16-23)17-32/h3-11,16,18,20,27,34H,12-15,19H2,1-2H3,(H,33,35)/t27-/m1/s1. The fourth-order valence-electron chi connectivity index (χ4n) is 5.07. The Balaban J connectivity index is 1.40. The van der Waals surface area contributed by atoms with E-state index >= 15 is 0 Å². The Labute approximate surface area is 228 Å². The fourth-order valence-corrected chi connectivity index (χ4v) is 5.20. The number of H-pyrrole nitrogens is 1. The second-order valence-electron chi connectivity index (χ2n) is 9.93. The average Bonchev–Trinajstić information content (AvgIpc) is 3.42. The number of carbonyl (C=O) groups is 1. The first-order chi connectivity index (χ1) is 18.4. The number of rotatable bonds is 7. The number of aromatic nitrogens is 2. The minimum absolute atomic E-state index is 0.128. The molecule has 0 spiro atoms. The summed E-state index contributed by atoms with van der Waals surface area (Å²) < 4.78 is 0. The van der Waals surface area contributed by atoms with Crippen LogP contribution in [0.4, 0.5) is 5.69 Å². The number of nitriles is 1. The molecule has 4 aromatic rings. The van der Waals surface area contributed by atoms with Crippen molar-refractivity contribution in [3.63, 3.8) is 0 Å². The summed E-state index contributed by atoms with van der Waals surface area (Å²) in [6.07, 6.45) is 3.77. The van der Waals surface area contributed by atoms with Crippen LogP contribution in [0.5, 0.6) is 0 Å². The Morgan fingerprint density at radius 1 is 1.13 bits per heavy atom. The lowest BCUT2D eigenvalue weighted by molar-refractivity contribution is -0.133. The van der Waals surface area contributed by atoms with E-state index in [0.717, 1.165) is 33.4 Å². The maximum Gasteiger partial charge on any atom is 0.231 e. The Bertz CT molecular complexity index is 1460. The van der Waals surface area contributed by atoms with Gasteiger partial charge in [0.2, 0.25) is 5.91 Å². The van der Waals surface area contributed by atoms with Crippen LogP contribution >= 0.6 is 11.6 Å². The van der Waals surface area contributed by atoms with Gasteiger partial charge in [-0.3, -0.25) is 4.79 Å². The van der Waals surface area contributed by atoms with Crippen LogP contribution in [0.25, 0.3) is 22.2 Å². The highest BCUT2D eigenvalue weighted by atomic mass is 35.5. The first-order valence-corrected chi connectivity index (χ1v) is 13.3. The molecule has 0 saturated carbocycles. The van der Waals surface area contributed by atoms with Crippen molar-refractivity contribution < 1.29 is 4.79 Å². The third-order valence-corrected chi connectivity index (χ3v) is 7.32. The van der Waals surface area contributed by atoms with E-state index in [4.69, 9.17) is 11.6 Å². The Morgan fingerprint density at radius 3 is 2.61 bits per heavy atom. The summed E-state index contributed by atoms with van der Waals surface area (Å²) in [7, 11) is 0. The van der Waals surface area contributed by atoms with Gasteiger partial charge in [0.05, 0.1) is 23.2 Å². The fraction of sp³-hybridized carbons (Fsp3) is 0.300. The number of nitrogens with one attached hydrogen (secondary N) is 2. The van der Waals surface area contributed by atoms with Gasteiger partial charge in [-0.2, -0.15) is 5.26 Å². The molecule has 1 atom stereocenters. The largest absolute Gasteiger partial charge is 0.367 e. The summed E-state index contributed by atoms with van der Waals surface area (Å²) in [6.45, 7) is 7.39. The third-order valence-electron chi connectivity index (χ3n) is 7.07. The number of pyridine rings is 1. The zero-order valence-electron chi connectivity index (χ0n) is 21.6. The van der Waals surface area contributed by atoms with E-state index in [2.05, 4.69) is 40.1 Å². The molecule has 0 radical (unpaired) electrons. The van der Waals surface area contributed by atoms with Crippen LogP contribution < -0.4 is 10.2 Å². The van der Waals surface area contributed by atoms with Crippen LogP contribution in [0.15, 0.2) is 67.0 Å². The van der Waals surface area contributed by atoms with Gasteiger partial charge in [0.1, 0.15) is 5.65 Å². The molecule has 2 aromatic heterocycles. The quantitative estimate of drug-likeness (QED) is 0.346. The lowest BCUT2D eigenvalue weighted by atomic mass is 9.96. The summed E-state index contributed by atoms with van der Waals surface area (Å²) in [5.74, 6) is -0.147. The summed E-state index contributed by atoms with van der Waals surface area (Å²) in [5.41, 5.74) is 5.42. The van der Waals surface area contributed by atoms with Crippen LogP contribution in [0, 0.1) is 11.3 Å². The van der Waals surface area contributed by atoms with Crippen molar-refractivity contribution in [3.8, 4) is 17.2 Å². The number of anilines is 1. The maximum absolute atomic E-state index is 13.8. The van der Waals surface area contributed by atoms with E-state index in [-0.39, 0.29) is 17.9 Å². The smallest absolute Gasteiger partial charge is 0.231 e. The molecule has 1 amide bonds. The Morgan fingerprint density at radius 2 is 1.89 bits per heavy atom. The molecule has 1 fully saturated rings. The highest BCUT2D eigenvalue weighted by Gasteiger charge is 2.30. The van der Waals surface area contributed by atoms with E-state index in [1.165, 1.54) is 0 Å². The lowest BCUT2D eigenvalue weighted by Crippen LogP contribution is -2.51. The number of nitrogens with zero attached hydrogens (tertiary/aromatic N) is 4. The number of aromatic amines is 1. The van der Waals surface area contributed by atoms with E-state index in [0.29, 0.717) is 43.3 Å². The van der Waals surface area contributed by atoms with Crippen molar-refractivity contribution in [1.82, 2.24) is 20.2 Å². The molecule has 5 rings (SSSR count). The molecule has 1 saturated heterocycles. The van der Waals surface area contributed by atoms with Crippen LogP contribution in [-0.2, 0) is 4.79 Å². The Kier molecular flexibility index (Phi) is 7.64. The molecule has 0 aliphatic carbocycles. The molecular weight excluding hydrogens is 496 g/mol. The number of benzene rings is 2. The Hall–Kier alpha value is -3.86. The van der Waals surface area contributed by atoms with Gasteiger partial charge in [0, 0.05) is 67.1 Å².